The molecule has 2 atom stereocenters. The Morgan fingerprint density at radius 2 is 1.83 bits per heavy atom. The van der Waals surface area contributed by atoms with E-state index in [1.807, 2.05) is 13.8 Å². The Morgan fingerprint density at radius 1 is 1.17 bits per heavy atom. The van der Waals surface area contributed by atoms with Gasteiger partial charge in [-0.2, -0.15) is 6.42 Å². The number of rotatable bonds is 0. The molecule has 0 fully saturated rings. The van der Waals surface area contributed by atoms with Crippen molar-refractivity contribution in [3.05, 3.63) is 36.5 Å². The van der Waals surface area contributed by atoms with E-state index in [2.05, 4.69) is 36.5 Å². The van der Waals surface area contributed by atoms with E-state index in [4.69, 9.17) is 0 Å². The second-order valence-electron chi connectivity index (χ2n) is 2.59. The van der Waals surface area contributed by atoms with Crippen molar-refractivity contribution in [2.75, 3.05) is 0 Å². The summed E-state index contributed by atoms with van der Waals surface area (Å²) in [6.45, 7) is 4.00. The van der Waals surface area contributed by atoms with Crippen molar-refractivity contribution >= 4 is 0 Å². The van der Waals surface area contributed by atoms with Gasteiger partial charge in [-0.3, -0.25) is 6.08 Å². The van der Waals surface area contributed by atoms with Gasteiger partial charge in [0.1, 0.15) is 0 Å². The van der Waals surface area contributed by atoms with Gasteiger partial charge < -0.3 is 6.08 Å². The number of fused-ring (bicyclic) bond motifs is 1. The van der Waals surface area contributed by atoms with Crippen molar-refractivity contribution in [1.82, 2.24) is 0 Å². The van der Waals surface area contributed by atoms with Crippen LogP contribution < -0.4 is 0 Å². The molecule has 0 saturated heterocycles. The first-order chi connectivity index (χ1) is 5.47. The summed E-state index contributed by atoms with van der Waals surface area (Å²) < 4.78 is 0. The molecule has 2 aliphatic rings. The van der Waals surface area contributed by atoms with Crippen molar-refractivity contribution in [3.63, 3.8) is 0 Å². The van der Waals surface area contributed by atoms with Crippen LogP contribution in [-0.2, 0) is 20.4 Å². The standard InChI is InChI=1S/C9H9.C2H6.Re/c1-2-5-9-7-3-6-8(9)4-1;1-2;/h1-2,4-6,8-9H,7H2;1-2H3;/q-1;;. The molecule has 1 radical (unpaired) electrons. The number of hydrogen-bond acceptors (Lipinski definition) is 0. The molecule has 0 saturated carbocycles. The van der Waals surface area contributed by atoms with Gasteiger partial charge in [0.15, 0.2) is 0 Å². The van der Waals surface area contributed by atoms with Crippen LogP contribution in [0.2, 0.25) is 0 Å². The molecular formula is C11H15Re-. The van der Waals surface area contributed by atoms with Gasteiger partial charge in [-0.25, -0.2) is 0 Å². The van der Waals surface area contributed by atoms with E-state index in [0.717, 1.165) is 12.3 Å². The maximum absolute atomic E-state index is 3.24. The van der Waals surface area contributed by atoms with E-state index >= 15 is 0 Å². The van der Waals surface area contributed by atoms with E-state index < -0.39 is 0 Å². The molecule has 0 N–H and O–H groups in total. The van der Waals surface area contributed by atoms with Gasteiger partial charge in [-0.05, 0) is 11.8 Å². The summed E-state index contributed by atoms with van der Waals surface area (Å²) in [6, 6.07) is 0. The zero-order chi connectivity index (χ0) is 8.10. The fourth-order valence-corrected chi connectivity index (χ4v) is 1.39. The summed E-state index contributed by atoms with van der Waals surface area (Å²) in [4.78, 5) is 0. The second kappa shape index (κ2) is 6.40. The molecule has 0 amide bonds. The van der Waals surface area contributed by atoms with Gasteiger partial charge in [0.2, 0.25) is 0 Å². The Balaban J connectivity index is 0.000000378. The van der Waals surface area contributed by atoms with Crippen molar-refractivity contribution in [2.45, 2.75) is 20.3 Å². The van der Waals surface area contributed by atoms with Crippen LogP contribution in [0.5, 0.6) is 0 Å². The first-order valence-electron chi connectivity index (χ1n) is 4.38. The maximum Gasteiger partial charge on any atom is 0 e. The largest absolute Gasteiger partial charge is 0.499 e. The molecule has 0 nitrogen and oxygen atoms in total. The van der Waals surface area contributed by atoms with E-state index in [0.29, 0.717) is 5.92 Å². The Bertz CT molecular complexity index is 189. The van der Waals surface area contributed by atoms with E-state index in [1.54, 1.807) is 0 Å². The predicted molar refractivity (Wildman–Crippen MR) is 49.0 cm³/mol. The zero-order valence-corrected chi connectivity index (χ0v) is 10.3. The molecule has 12 heavy (non-hydrogen) atoms. The molecule has 0 heterocycles. The average molecular weight is 333 g/mol. The molecule has 67 valence electrons. The molecule has 0 aromatic carbocycles. The fourth-order valence-electron chi connectivity index (χ4n) is 1.39. The fraction of sp³-hybridized carbons (Fsp3) is 0.455. The van der Waals surface area contributed by atoms with Crippen LogP contribution in [0.15, 0.2) is 30.4 Å². The van der Waals surface area contributed by atoms with Crippen LogP contribution in [0.4, 0.5) is 0 Å². The van der Waals surface area contributed by atoms with Gasteiger partial charge in [-0.15, -0.1) is 0 Å². The summed E-state index contributed by atoms with van der Waals surface area (Å²) in [5.74, 6) is 1.39. The van der Waals surface area contributed by atoms with E-state index in [-0.39, 0.29) is 20.4 Å². The summed E-state index contributed by atoms with van der Waals surface area (Å²) in [7, 11) is 0. The van der Waals surface area contributed by atoms with Gasteiger partial charge in [0, 0.05) is 20.4 Å². The second-order valence-corrected chi connectivity index (χ2v) is 2.59. The van der Waals surface area contributed by atoms with E-state index in [1.165, 1.54) is 0 Å². The maximum atomic E-state index is 3.24. The van der Waals surface area contributed by atoms with Crippen LogP contribution in [-0.4, -0.2) is 0 Å². The molecule has 0 aliphatic heterocycles. The van der Waals surface area contributed by atoms with Crippen LogP contribution in [0, 0.1) is 17.9 Å². The molecule has 0 bridgehead atoms. The van der Waals surface area contributed by atoms with Gasteiger partial charge in [0.05, 0.1) is 0 Å². The van der Waals surface area contributed by atoms with Crippen LogP contribution in [0.1, 0.15) is 20.3 Å². The first kappa shape index (κ1) is 11.9. The minimum absolute atomic E-state index is 0. The molecule has 1 heteroatoms. The summed E-state index contributed by atoms with van der Waals surface area (Å²) in [6.07, 6.45) is 15.3. The third kappa shape index (κ3) is 2.74. The third-order valence-electron chi connectivity index (χ3n) is 1.96. The zero-order valence-electron chi connectivity index (χ0n) is 7.63. The Morgan fingerprint density at radius 3 is 2.50 bits per heavy atom. The molecule has 0 aromatic heterocycles. The minimum Gasteiger partial charge on any atom is -0.499 e. The SMILES string of the molecule is CC.[C-]1=CC2C=CC=CC2C1.[Re]. The molecule has 2 unspecified atom stereocenters. The molecule has 2 aliphatic carbocycles. The van der Waals surface area contributed by atoms with E-state index in [9.17, 15) is 0 Å². The van der Waals surface area contributed by atoms with Crippen LogP contribution in [0.3, 0.4) is 0 Å². The predicted octanol–water partition coefficient (Wildman–Crippen LogP) is 3.13. The third-order valence-corrected chi connectivity index (χ3v) is 1.96. The van der Waals surface area contributed by atoms with Crippen molar-refractivity contribution in [1.29, 1.82) is 0 Å². The topological polar surface area (TPSA) is 0 Å². The summed E-state index contributed by atoms with van der Waals surface area (Å²) in [5.41, 5.74) is 0. The van der Waals surface area contributed by atoms with Crippen molar-refractivity contribution in [3.8, 4) is 0 Å². The Hall–Kier alpha value is -0.118. The Kier molecular flexibility index (Phi) is 6.34. The normalized spacial score (nSPS) is 28.5. The number of allylic oxidation sites excluding steroid dienone is 6. The molecule has 2 rings (SSSR count). The summed E-state index contributed by atoms with van der Waals surface area (Å²) >= 11 is 0. The van der Waals surface area contributed by atoms with Gasteiger partial charge >= 0.3 is 0 Å². The summed E-state index contributed by atoms with van der Waals surface area (Å²) in [5, 5.41) is 0. The average Bonchev–Trinajstić information content (AvgIpc) is 2.55. The quantitative estimate of drug-likeness (QED) is 0.598. The Labute approximate surface area is 89.1 Å². The molecular weight excluding hydrogens is 318 g/mol. The van der Waals surface area contributed by atoms with Crippen molar-refractivity contribution < 1.29 is 20.4 Å². The van der Waals surface area contributed by atoms with Crippen LogP contribution >= 0.6 is 0 Å². The van der Waals surface area contributed by atoms with Gasteiger partial charge in [0.25, 0.3) is 0 Å². The van der Waals surface area contributed by atoms with Crippen molar-refractivity contribution in [2.24, 2.45) is 11.8 Å². The number of hydrogen-bond donors (Lipinski definition) is 0. The van der Waals surface area contributed by atoms with Gasteiger partial charge in [-0.1, -0.05) is 38.2 Å². The minimum atomic E-state index is 0. The molecule has 0 aromatic rings. The van der Waals surface area contributed by atoms with Crippen LogP contribution in [0.25, 0.3) is 0 Å². The molecule has 0 spiro atoms. The smallest absolute Gasteiger partial charge is 0 e. The monoisotopic (exact) mass is 334 g/mol. The first-order valence-corrected chi connectivity index (χ1v) is 4.38.